The van der Waals surface area contributed by atoms with Crippen molar-refractivity contribution in [2.24, 2.45) is 11.7 Å². The molecule has 1 heterocycles. The summed E-state index contributed by atoms with van der Waals surface area (Å²) >= 11 is 0. The second-order valence-corrected chi connectivity index (χ2v) is 6.56. The van der Waals surface area contributed by atoms with E-state index in [-0.39, 0.29) is 24.3 Å². The Hall–Kier alpha value is -2.60. The van der Waals surface area contributed by atoms with Crippen LogP contribution in [-0.2, 0) is 9.59 Å². The first-order chi connectivity index (χ1) is 12.7. The van der Waals surface area contributed by atoms with Gasteiger partial charge in [-0.05, 0) is 35.7 Å². The fraction of sp³-hybridized carbons (Fsp3) is 0.400. The molecule has 1 aliphatic rings. The molecule has 0 radical (unpaired) electrons. The highest BCUT2D eigenvalue weighted by Gasteiger charge is 2.28. The molecular weight excluding hydrogens is 330 g/mol. The van der Waals surface area contributed by atoms with Gasteiger partial charge in [-0.2, -0.15) is 0 Å². The third-order valence-electron chi connectivity index (χ3n) is 4.67. The zero-order chi connectivity index (χ0) is 18.4. The molecule has 0 aliphatic carbocycles. The Morgan fingerprint density at radius 3 is 2.81 bits per heavy atom. The first-order valence-electron chi connectivity index (χ1n) is 9.04. The van der Waals surface area contributed by atoms with Crippen molar-refractivity contribution in [2.45, 2.75) is 12.8 Å². The summed E-state index contributed by atoms with van der Waals surface area (Å²) in [5, 5.41) is 5.01. The number of hydrogen-bond acceptors (Lipinski definition) is 4. The van der Waals surface area contributed by atoms with Gasteiger partial charge in [0.1, 0.15) is 5.75 Å². The summed E-state index contributed by atoms with van der Waals surface area (Å²) in [5.41, 5.74) is 5.42. The molecule has 2 aromatic rings. The number of benzene rings is 2. The number of carbonyl (C=O) groups is 2. The molecular formula is C20H25N3O3. The SMILES string of the molecule is NCCNC(=O)C1CCCN(C(=O)COc2ccc3ccccc3c2)C1. The molecule has 1 saturated heterocycles. The number of piperidine rings is 1. The largest absolute Gasteiger partial charge is 0.484 e. The molecule has 1 fully saturated rings. The van der Waals surface area contributed by atoms with Gasteiger partial charge >= 0.3 is 0 Å². The number of nitrogens with one attached hydrogen (secondary N) is 1. The monoisotopic (exact) mass is 355 g/mol. The van der Waals surface area contributed by atoms with Crippen LogP contribution in [-0.4, -0.2) is 49.5 Å². The minimum absolute atomic E-state index is 0.0184. The van der Waals surface area contributed by atoms with E-state index in [0.717, 1.165) is 23.6 Å². The summed E-state index contributed by atoms with van der Waals surface area (Å²) in [7, 11) is 0. The lowest BCUT2D eigenvalue weighted by Gasteiger charge is -2.32. The van der Waals surface area contributed by atoms with E-state index in [0.29, 0.717) is 31.9 Å². The van der Waals surface area contributed by atoms with Crippen LogP contribution in [0.3, 0.4) is 0 Å². The van der Waals surface area contributed by atoms with Crippen LogP contribution in [0.2, 0.25) is 0 Å². The van der Waals surface area contributed by atoms with Crippen molar-refractivity contribution >= 4 is 22.6 Å². The number of carbonyl (C=O) groups excluding carboxylic acids is 2. The van der Waals surface area contributed by atoms with E-state index in [9.17, 15) is 9.59 Å². The molecule has 6 nitrogen and oxygen atoms in total. The molecule has 6 heteroatoms. The van der Waals surface area contributed by atoms with Gasteiger partial charge < -0.3 is 20.7 Å². The lowest BCUT2D eigenvalue weighted by atomic mass is 9.97. The third-order valence-corrected chi connectivity index (χ3v) is 4.67. The van der Waals surface area contributed by atoms with E-state index in [4.69, 9.17) is 10.5 Å². The maximum Gasteiger partial charge on any atom is 0.260 e. The molecule has 2 amide bonds. The van der Waals surface area contributed by atoms with Crippen LogP contribution < -0.4 is 15.8 Å². The molecule has 1 unspecified atom stereocenters. The number of ether oxygens (including phenoxy) is 1. The maximum absolute atomic E-state index is 12.5. The topological polar surface area (TPSA) is 84.7 Å². The summed E-state index contributed by atoms with van der Waals surface area (Å²) in [6.07, 6.45) is 1.62. The van der Waals surface area contributed by atoms with Crippen LogP contribution in [0.15, 0.2) is 42.5 Å². The van der Waals surface area contributed by atoms with Crippen molar-refractivity contribution in [1.82, 2.24) is 10.2 Å². The number of nitrogens with zero attached hydrogens (tertiary/aromatic N) is 1. The van der Waals surface area contributed by atoms with Gasteiger partial charge in [0.2, 0.25) is 5.91 Å². The Bertz CT molecular complexity index is 778. The number of nitrogens with two attached hydrogens (primary N) is 1. The Kier molecular flexibility index (Phi) is 6.07. The highest BCUT2D eigenvalue weighted by atomic mass is 16.5. The van der Waals surface area contributed by atoms with Gasteiger partial charge in [-0.25, -0.2) is 0 Å². The molecule has 3 N–H and O–H groups in total. The first-order valence-corrected chi connectivity index (χ1v) is 9.04. The highest BCUT2D eigenvalue weighted by Crippen LogP contribution is 2.21. The fourth-order valence-electron chi connectivity index (χ4n) is 3.25. The van der Waals surface area contributed by atoms with Crippen LogP contribution >= 0.6 is 0 Å². The Balaban J connectivity index is 1.54. The van der Waals surface area contributed by atoms with Gasteiger partial charge in [-0.15, -0.1) is 0 Å². The van der Waals surface area contributed by atoms with E-state index in [1.165, 1.54) is 0 Å². The zero-order valence-corrected chi connectivity index (χ0v) is 14.8. The van der Waals surface area contributed by atoms with Crippen LogP contribution in [0.25, 0.3) is 10.8 Å². The lowest BCUT2D eigenvalue weighted by molar-refractivity contribution is -0.137. The van der Waals surface area contributed by atoms with Crippen molar-refractivity contribution in [3.63, 3.8) is 0 Å². The Morgan fingerprint density at radius 2 is 2.00 bits per heavy atom. The zero-order valence-electron chi connectivity index (χ0n) is 14.8. The van der Waals surface area contributed by atoms with Crippen molar-refractivity contribution in [3.05, 3.63) is 42.5 Å². The van der Waals surface area contributed by atoms with Crippen LogP contribution in [0.1, 0.15) is 12.8 Å². The minimum Gasteiger partial charge on any atom is -0.484 e. The van der Waals surface area contributed by atoms with Crippen molar-refractivity contribution in [2.75, 3.05) is 32.8 Å². The molecule has 0 saturated carbocycles. The standard InChI is InChI=1S/C20H25N3O3/c21-9-10-22-20(25)17-6-3-11-23(13-17)19(24)14-26-18-8-7-15-4-1-2-5-16(15)12-18/h1-2,4-5,7-8,12,17H,3,6,9-11,13-14,21H2,(H,22,25). The molecule has 2 aromatic carbocycles. The summed E-state index contributed by atoms with van der Waals surface area (Å²) in [6.45, 7) is 1.97. The Morgan fingerprint density at radius 1 is 1.19 bits per heavy atom. The smallest absolute Gasteiger partial charge is 0.260 e. The van der Waals surface area contributed by atoms with Crippen LogP contribution in [0.4, 0.5) is 0 Å². The van der Waals surface area contributed by atoms with E-state index in [2.05, 4.69) is 5.32 Å². The normalized spacial score (nSPS) is 17.1. The maximum atomic E-state index is 12.5. The number of rotatable bonds is 6. The van der Waals surface area contributed by atoms with Crippen molar-refractivity contribution < 1.29 is 14.3 Å². The van der Waals surface area contributed by atoms with E-state index in [1.807, 2.05) is 42.5 Å². The van der Waals surface area contributed by atoms with Gasteiger partial charge in [0.15, 0.2) is 6.61 Å². The molecule has 0 aromatic heterocycles. The summed E-state index contributed by atoms with van der Waals surface area (Å²) in [6, 6.07) is 13.8. The molecule has 3 rings (SSSR count). The van der Waals surface area contributed by atoms with Gasteiger partial charge in [-0.3, -0.25) is 9.59 Å². The number of amides is 2. The summed E-state index contributed by atoms with van der Waals surface area (Å²) < 4.78 is 5.68. The average Bonchev–Trinajstić information content (AvgIpc) is 2.70. The fourth-order valence-corrected chi connectivity index (χ4v) is 3.25. The molecule has 26 heavy (non-hydrogen) atoms. The minimum atomic E-state index is -0.167. The molecule has 1 atom stereocenters. The predicted molar refractivity (Wildman–Crippen MR) is 101 cm³/mol. The summed E-state index contributed by atoms with van der Waals surface area (Å²) in [5.74, 6) is 0.393. The molecule has 0 bridgehead atoms. The highest BCUT2D eigenvalue weighted by molar-refractivity contribution is 5.84. The van der Waals surface area contributed by atoms with Gasteiger partial charge in [0.05, 0.1) is 5.92 Å². The summed E-state index contributed by atoms with van der Waals surface area (Å²) in [4.78, 5) is 26.3. The van der Waals surface area contributed by atoms with Crippen molar-refractivity contribution in [3.8, 4) is 5.75 Å². The second kappa shape index (κ2) is 8.67. The lowest BCUT2D eigenvalue weighted by Crippen LogP contribution is -2.47. The molecule has 1 aliphatic heterocycles. The van der Waals surface area contributed by atoms with E-state index >= 15 is 0 Å². The molecule has 0 spiro atoms. The van der Waals surface area contributed by atoms with Gasteiger partial charge in [0.25, 0.3) is 5.91 Å². The number of likely N-dealkylation sites (tertiary alicyclic amines) is 1. The third kappa shape index (κ3) is 4.52. The van der Waals surface area contributed by atoms with Crippen LogP contribution in [0.5, 0.6) is 5.75 Å². The average molecular weight is 355 g/mol. The van der Waals surface area contributed by atoms with Gasteiger partial charge in [0, 0.05) is 26.2 Å². The second-order valence-electron chi connectivity index (χ2n) is 6.56. The number of fused-ring (bicyclic) bond motifs is 1. The van der Waals surface area contributed by atoms with Crippen molar-refractivity contribution in [1.29, 1.82) is 0 Å². The first kappa shape index (κ1) is 18.2. The Labute approximate surface area is 153 Å². The number of hydrogen-bond donors (Lipinski definition) is 2. The quantitative estimate of drug-likeness (QED) is 0.823. The van der Waals surface area contributed by atoms with Gasteiger partial charge in [-0.1, -0.05) is 30.3 Å². The van der Waals surface area contributed by atoms with E-state index < -0.39 is 0 Å². The van der Waals surface area contributed by atoms with Crippen LogP contribution in [0, 0.1) is 5.92 Å². The van der Waals surface area contributed by atoms with E-state index in [1.54, 1.807) is 4.90 Å². The molecule has 138 valence electrons. The predicted octanol–water partition coefficient (Wildman–Crippen LogP) is 1.53.